The van der Waals surface area contributed by atoms with Gasteiger partial charge in [0.2, 0.25) is 0 Å². The third-order valence-electron chi connectivity index (χ3n) is 5.60. The molecule has 0 spiro atoms. The second-order valence-electron chi connectivity index (χ2n) is 7.82. The molecule has 3 fully saturated rings. The highest BCUT2D eigenvalue weighted by Crippen LogP contribution is 2.30. The van der Waals surface area contributed by atoms with Crippen LogP contribution in [0, 0.1) is 0 Å². The van der Waals surface area contributed by atoms with Crippen molar-refractivity contribution in [2.75, 3.05) is 59.0 Å². The summed E-state index contributed by atoms with van der Waals surface area (Å²) in [5, 5.41) is 10.6. The first-order valence-corrected chi connectivity index (χ1v) is 11.5. The number of carbonyl (C=O) groups is 3. The predicted octanol–water partition coefficient (Wildman–Crippen LogP) is 2.02. The van der Waals surface area contributed by atoms with Crippen LogP contribution in [0.2, 0.25) is 0 Å². The second kappa shape index (κ2) is 11.2. The smallest absolute Gasteiger partial charge is 0.475 e. The number of carbonyl (C=O) groups excluding carboxylic acids is 2. The minimum atomic E-state index is -5.08. The highest BCUT2D eigenvalue weighted by Gasteiger charge is 2.38. The Morgan fingerprint density at radius 2 is 1.58 bits per heavy atom. The maximum absolute atomic E-state index is 12.8. The van der Waals surface area contributed by atoms with E-state index in [4.69, 9.17) is 14.6 Å². The number of halogens is 3. The number of urea groups is 1. The number of amides is 3. The normalized spacial score (nSPS) is 21.4. The van der Waals surface area contributed by atoms with Gasteiger partial charge in [-0.05, 0) is 31.5 Å². The average Bonchev–Trinajstić information content (AvgIpc) is 3.51. The van der Waals surface area contributed by atoms with Gasteiger partial charge in [-0.15, -0.1) is 11.3 Å². The lowest BCUT2D eigenvalue weighted by Gasteiger charge is -2.38. The van der Waals surface area contributed by atoms with E-state index in [2.05, 4.69) is 11.4 Å². The van der Waals surface area contributed by atoms with Gasteiger partial charge < -0.3 is 29.9 Å². The van der Waals surface area contributed by atoms with E-state index in [0.29, 0.717) is 58.5 Å². The number of carboxylic acids is 1. The molecule has 0 radical (unpaired) electrons. The van der Waals surface area contributed by atoms with E-state index in [0.717, 1.165) is 17.8 Å². The molecule has 33 heavy (non-hydrogen) atoms. The number of nitrogens with zero attached hydrogens (tertiary/aromatic N) is 3. The number of carboxylic acid groups (broad SMARTS) is 1. The zero-order valence-corrected chi connectivity index (χ0v) is 18.8. The number of ether oxygens (including phenoxy) is 1. The number of rotatable bonds is 2. The molecule has 1 aromatic heterocycles. The van der Waals surface area contributed by atoms with Crippen molar-refractivity contribution in [2.45, 2.75) is 25.1 Å². The van der Waals surface area contributed by atoms with Gasteiger partial charge >= 0.3 is 18.2 Å². The van der Waals surface area contributed by atoms with E-state index in [1.807, 2.05) is 20.8 Å². The van der Waals surface area contributed by atoms with Gasteiger partial charge in [0.15, 0.2) is 0 Å². The van der Waals surface area contributed by atoms with Crippen LogP contribution in [0.3, 0.4) is 0 Å². The molecule has 3 saturated heterocycles. The second-order valence-corrected chi connectivity index (χ2v) is 8.93. The molecule has 184 valence electrons. The van der Waals surface area contributed by atoms with Crippen LogP contribution in [0.4, 0.5) is 18.0 Å². The van der Waals surface area contributed by atoms with Crippen molar-refractivity contribution in [3.05, 3.63) is 21.9 Å². The molecular weight excluding hydrogens is 465 g/mol. The molecule has 0 bridgehead atoms. The summed E-state index contributed by atoms with van der Waals surface area (Å²) in [6, 6.07) is 4.52. The van der Waals surface area contributed by atoms with Gasteiger partial charge in [-0.3, -0.25) is 4.79 Å². The van der Waals surface area contributed by atoms with Crippen molar-refractivity contribution in [3.8, 4) is 0 Å². The Bertz CT molecular complexity index is 830. The molecule has 3 amide bonds. The lowest BCUT2D eigenvalue weighted by Crippen LogP contribution is -2.55. The third kappa shape index (κ3) is 6.81. The monoisotopic (exact) mass is 492 g/mol. The Kier molecular flexibility index (Phi) is 8.54. The number of hydrogen-bond acceptors (Lipinski definition) is 6. The Morgan fingerprint density at radius 3 is 2.12 bits per heavy atom. The maximum atomic E-state index is 12.8. The van der Waals surface area contributed by atoms with Crippen LogP contribution in [0.5, 0.6) is 0 Å². The number of morpholine rings is 1. The van der Waals surface area contributed by atoms with Crippen molar-refractivity contribution in [1.29, 1.82) is 0 Å². The molecule has 0 aromatic carbocycles. The molecule has 3 aliphatic heterocycles. The number of piperazine rings is 1. The summed E-state index contributed by atoms with van der Waals surface area (Å²) in [6.45, 7) is 6.01. The van der Waals surface area contributed by atoms with Crippen LogP contribution in [-0.4, -0.2) is 103 Å². The van der Waals surface area contributed by atoms with Crippen molar-refractivity contribution in [1.82, 2.24) is 20.0 Å². The SMILES string of the molecule is O=C(O)C(F)(F)F.O=C(c1ccc(C2CCCN2)s1)N1CCN(C(=O)N2CCOCC2)CC1. The van der Waals surface area contributed by atoms with Crippen LogP contribution in [0.25, 0.3) is 0 Å². The van der Waals surface area contributed by atoms with Crippen LogP contribution in [-0.2, 0) is 9.53 Å². The number of hydrogen-bond donors (Lipinski definition) is 2. The summed E-state index contributed by atoms with van der Waals surface area (Å²) in [5.41, 5.74) is 0. The van der Waals surface area contributed by atoms with Crippen LogP contribution in [0.1, 0.15) is 33.4 Å². The van der Waals surface area contributed by atoms with E-state index in [1.165, 1.54) is 11.3 Å². The molecule has 1 atom stereocenters. The first kappa shape index (κ1) is 25.2. The Balaban J connectivity index is 0.000000383. The minimum absolute atomic E-state index is 0.0751. The molecule has 1 aromatic rings. The largest absolute Gasteiger partial charge is 0.490 e. The van der Waals surface area contributed by atoms with Gasteiger partial charge in [0.25, 0.3) is 5.91 Å². The van der Waals surface area contributed by atoms with Crippen molar-refractivity contribution in [3.63, 3.8) is 0 Å². The highest BCUT2D eigenvalue weighted by molar-refractivity contribution is 7.14. The van der Waals surface area contributed by atoms with Crippen LogP contribution in [0.15, 0.2) is 12.1 Å². The average molecular weight is 493 g/mol. The van der Waals surface area contributed by atoms with E-state index in [9.17, 15) is 22.8 Å². The highest BCUT2D eigenvalue weighted by atomic mass is 32.1. The first-order chi connectivity index (χ1) is 15.7. The lowest BCUT2D eigenvalue weighted by atomic mass is 10.2. The fraction of sp³-hybridized carbons (Fsp3) is 0.650. The van der Waals surface area contributed by atoms with E-state index < -0.39 is 12.1 Å². The van der Waals surface area contributed by atoms with Gasteiger partial charge in [-0.1, -0.05) is 0 Å². The number of alkyl halides is 3. The minimum Gasteiger partial charge on any atom is -0.475 e. The molecule has 2 N–H and O–H groups in total. The summed E-state index contributed by atoms with van der Waals surface area (Å²) < 4.78 is 37.0. The fourth-order valence-corrected chi connectivity index (χ4v) is 4.88. The zero-order valence-electron chi connectivity index (χ0n) is 18.0. The van der Waals surface area contributed by atoms with Gasteiger partial charge in [-0.25, -0.2) is 9.59 Å². The maximum Gasteiger partial charge on any atom is 0.490 e. The van der Waals surface area contributed by atoms with E-state index in [-0.39, 0.29) is 11.9 Å². The topological polar surface area (TPSA) is 102 Å². The molecular formula is C20H27F3N4O5S. The first-order valence-electron chi connectivity index (χ1n) is 10.7. The lowest BCUT2D eigenvalue weighted by molar-refractivity contribution is -0.192. The fourth-order valence-electron chi connectivity index (χ4n) is 3.79. The molecule has 9 nitrogen and oxygen atoms in total. The molecule has 0 aliphatic carbocycles. The standard InChI is InChI=1S/C18H26N4O3S.C2HF3O2/c23-17(16-4-3-15(26-16)14-2-1-5-19-14)20-6-8-21(9-7-20)18(24)22-10-12-25-13-11-22;3-2(4,5)1(6)7/h3-4,14,19H,1-2,5-13H2;(H,6,7). The van der Waals surface area contributed by atoms with Gasteiger partial charge in [0, 0.05) is 50.2 Å². The Morgan fingerprint density at radius 1 is 1.00 bits per heavy atom. The number of thiophene rings is 1. The van der Waals surface area contributed by atoms with Crippen LogP contribution >= 0.6 is 11.3 Å². The summed E-state index contributed by atoms with van der Waals surface area (Å²) >= 11 is 1.61. The summed E-state index contributed by atoms with van der Waals surface area (Å²) in [7, 11) is 0. The number of aliphatic carboxylic acids is 1. The predicted molar refractivity (Wildman–Crippen MR) is 113 cm³/mol. The van der Waals surface area contributed by atoms with Gasteiger partial charge in [0.05, 0.1) is 18.1 Å². The van der Waals surface area contributed by atoms with Crippen molar-refractivity contribution < 1.29 is 37.4 Å². The quantitative estimate of drug-likeness (QED) is 0.655. The third-order valence-corrected chi connectivity index (χ3v) is 6.79. The van der Waals surface area contributed by atoms with Crippen molar-refractivity contribution >= 4 is 29.2 Å². The summed E-state index contributed by atoms with van der Waals surface area (Å²) in [4.78, 5) is 41.9. The van der Waals surface area contributed by atoms with E-state index >= 15 is 0 Å². The Labute approximate surface area is 193 Å². The molecule has 4 heterocycles. The summed E-state index contributed by atoms with van der Waals surface area (Å²) in [6.07, 6.45) is -2.73. The summed E-state index contributed by atoms with van der Waals surface area (Å²) in [5.74, 6) is -2.66. The molecule has 3 aliphatic rings. The molecule has 13 heteroatoms. The molecule has 0 saturated carbocycles. The van der Waals surface area contributed by atoms with Gasteiger partial charge in [-0.2, -0.15) is 13.2 Å². The van der Waals surface area contributed by atoms with Gasteiger partial charge in [0.1, 0.15) is 0 Å². The van der Waals surface area contributed by atoms with E-state index in [1.54, 1.807) is 11.3 Å². The number of nitrogens with one attached hydrogen (secondary N) is 1. The Hall–Kier alpha value is -2.38. The molecule has 1 unspecified atom stereocenters. The molecule has 4 rings (SSSR count). The van der Waals surface area contributed by atoms with Crippen molar-refractivity contribution in [2.24, 2.45) is 0 Å². The van der Waals surface area contributed by atoms with Crippen LogP contribution < -0.4 is 5.32 Å². The zero-order chi connectivity index (χ0) is 24.0.